The number of hydrogen-bond donors (Lipinski definition) is 0. The number of ether oxygens (including phenoxy) is 1. The highest BCUT2D eigenvalue weighted by atomic mass is 35.5. The van der Waals surface area contributed by atoms with Crippen LogP contribution in [0.1, 0.15) is 12.0 Å². The molecular formula is C15H17ClN2O. The molecule has 3 rings (SSSR count). The van der Waals surface area contributed by atoms with E-state index in [2.05, 4.69) is 29.1 Å². The van der Waals surface area contributed by atoms with Gasteiger partial charge < -0.3 is 9.64 Å². The summed E-state index contributed by atoms with van der Waals surface area (Å²) in [6, 6.07) is 8.72. The second kappa shape index (κ2) is 5.35. The van der Waals surface area contributed by atoms with Gasteiger partial charge in [0.2, 0.25) is 0 Å². The van der Waals surface area contributed by atoms with E-state index in [0.29, 0.717) is 11.9 Å². The molecule has 0 amide bonds. The van der Waals surface area contributed by atoms with Gasteiger partial charge in [0.1, 0.15) is 5.82 Å². The van der Waals surface area contributed by atoms with Crippen molar-refractivity contribution < 1.29 is 4.74 Å². The number of aromatic nitrogens is 1. The second-order valence-electron chi connectivity index (χ2n) is 4.91. The van der Waals surface area contributed by atoms with Gasteiger partial charge in [0.15, 0.2) is 0 Å². The summed E-state index contributed by atoms with van der Waals surface area (Å²) in [4.78, 5) is 6.84. The van der Waals surface area contributed by atoms with Crippen molar-refractivity contribution in [2.45, 2.75) is 18.3 Å². The Bertz CT molecular complexity index is 581. The molecule has 3 nitrogen and oxygen atoms in total. The third kappa shape index (κ3) is 2.28. The first-order chi connectivity index (χ1) is 9.31. The molecule has 100 valence electrons. The van der Waals surface area contributed by atoms with Crippen LogP contribution < -0.4 is 4.90 Å². The number of rotatable bonds is 3. The molecule has 1 unspecified atom stereocenters. The van der Waals surface area contributed by atoms with Gasteiger partial charge in [0, 0.05) is 31.1 Å². The van der Waals surface area contributed by atoms with Crippen molar-refractivity contribution in [3.05, 3.63) is 36.0 Å². The molecule has 4 heteroatoms. The second-order valence-corrected chi connectivity index (χ2v) is 5.18. The zero-order valence-corrected chi connectivity index (χ0v) is 11.7. The molecule has 0 bridgehead atoms. The van der Waals surface area contributed by atoms with Crippen molar-refractivity contribution in [1.82, 2.24) is 4.98 Å². The molecule has 1 aliphatic heterocycles. The highest BCUT2D eigenvalue weighted by Gasteiger charge is 2.22. The SMILES string of the molecule is CN(c1ncc(CCl)c2ccccc12)C1CCOC1. The number of fused-ring (bicyclic) bond motifs is 1. The van der Waals surface area contributed by atoms with Gasteiger partial charge in [-0.3, -0.25) is 0 Å². The number of anilines is 1. The van der Waals surface area contributed by atoms with Crippen LogP contribution in [0.2, 0.25) is 0 Å². The summed E-state index contributed by atoms with van der Waals surface area (Å²) in [6.07, 6.45) is 2.95. The van der Waals surface area contributed by atoms with Crippen LogP contribution in [-0.4, -0.2) is 31.3 Å². The van der Waals surface area contributed by atoms with Crippen molar-refractivity contribution in [2.75, 3.05) is 25.2 Å². The van der Waals surface area contributed by atoms with Crippen LogP contribution in [0.4, 0.5) is 5.82 Å². The average molecular weight is 277 g/mol. The molecule has 0 saturated carbocycles. The molecular weight excluding hydrogens is 260 g/mol. The van der Waals surface area contributed by atoms with E-state index in [1.165, 1.54) is 5.39 Å². The molecule has 2 aromatic rings. The van der Waals surface area contributed by atoms with Gasteiger partial charge >= 0.3 is 0 Å². The summed E-state index contributed by atoms with van der Waals surface area (Å²) in [5, 5.41) is 2.35. The van der Waals surface area contributed by atoms with Gasteiger partial charge in [0.05, 0.1) is 12.6 Å². The van der Waals surface area contributed by atoms with Crippen molar-refractivity contribution in [3.63, 3.8) is 0 Å². The third-order valence-electron chi connectivity index (χ3n) is 3.79. The summed E-state index contributed by atoms with van der Waals surface area (Å²) in [5.41, 5.74) is 1.08. The molecule has 1 saturated heterocycles. The van der Waals surface area contributed by atoms with E-state index >= 15 is 0 Å². The molecule has 0 radical (unpaired) electrons. The summed E-state index contributed by atoms with van der Waals surface area (Å²) in [7, 11) is 2.09. The number of likely N-dealkylation sites (N-methyl/N-ethyl adjacent to an activating group) is 1. The van der Waals surface area contributed by atoms with E-state index < -0.39 is 0 Å². The number of halogens is 1. The smallest absolute Gasteiger partial charge is 0.136 e. The Balaban J connectivity index is 2.08. The monoisotopic (exact) mass is 276 g/mol. The molecule has 0 spiro atoms. The first-order valence-electron chi connectivity index (χ1n) is 6.54. The van der Waals surface area contributed by atoms with Crippen molar-refractivity contribution in [1.29, 1.82) is 0 Å². The van der Waals surface area contributed by atoms with E-state index in [-0.39, 0.29) is 0 Å². The first kappa shape index (κ1) is 12.7. The van der Waals surface area contributed by atoms with Crippen LogP contribution in [0.3, 0.4) is 0 Å². The van der Waals surface area contributed by atoms with E-state index in [1.54, 1.807) is 0 Å². The van der Waals surface area contributed by atoms with Gasteiger partial charge in [-0.25, -0.2) is 4.98 Å². The van der Waals surface area contributed by atoms with Crippen molar-refractivity contribution >= 4 is 28.2 Å². The Morgan fingerprint density at radius 1 is 1.37 bits per heavy atom. The lowest BCUT2D eigenvalue weighted by molar-refractivity contribution is 0.193. The fourth-order valence-electron chi connectivity index (χ4n) is 2.62. The Morgan fingerprint density at radius 3 is 2.84 bits per heavy atom. The van der Waals surface area contributed by atoms with Gasteiger partial charge in [0.25, 0.3) is 0 Å². The highest BCUT2D eigenvalue weighted by Crippen LogP contribution is 2.29. The zero-order valence-electron chi connectivity index (χ0n) is 11.0. The largest absolute Gasteiger partial charge is 0.379 e. The number of benzene rings is 1. The molecule has 1 fully saturated rings. The minimum atomic E-state index is 0.415. The number of alkyl halides is 1. The van der Waals surface area contributed by atoms with Crippen LogP contribution >= 0.6 is 11.6 Å². The number of hydrogen-bond acceptors (Lipinski definition) is 3. The molecule has 1 aromatic heterocycles. The van der Waals surface area contributed by atoms with E-state index in [4.69, 9.17) is 16.3 Å². The molecule has 1 aromatic carbocycles. The highest BCUT2D eigenvalue weighted by molar-refractivity contribution is 6.18. The Labute approximate surface area is 118 Å². The molecule has 2 heterocycles. The lowest BCUT2D eigenvalue weighted by Gasteiger charge is -2.26. The molecule has 19 heavy (non-hydrogen) atoms. The maximum absolute atomic E-state index is 5.99. The average Bonchev–Trinajstić information content (AvgIpc) is 2.99. The lowest BCUT2D eigenvalue weighted by atomic mass is 10.1. The number of pyridine rings is 1. The van der Waals surface area contributed by atoms with Gasteiger partial charge in [-0.1, -0.05) is 24.3 Å². The van der Waals surface area contributed by atoms with Crippen LogP contribution in [0, 0.1) is 0 Å². The summed E-state index contributed by atoms with van der Waals surface area (Å²) < 4.78 is 5.47. The Kier molecular flexibility index (Phi) is 3.58. The standard InChI is InChI=1S/C15H17ClN2O/c1-18(12-6-7-19-10-12)15-14-5-3-2-4-13(14)11(8-16)9-17-15/h2-5,9,12H,6-8,10H2,1H3. The topological polar surface area (TPSA) is 25.4 Å². The predicted octanol–water partition coefficient (Wildman–Crippen LogP) is 3.20. The first-order valence-corrected chi connectivity index (χ1v) is 7.08. The van der Waals surface area contributed by atoms with Gasteiger partial charge in [-0.05, 0) is 17.4 Å². The van der Waals surface area contributed by atoms with E-state index in [9.17, 15) is 0 Å². The fraction of sp³-hybridized carbons (Fsp3) is 0.400. The third-order valence-corrected chi connectivity index (χ3v) is 4.08. The minimum Gasteiger partial charge on any atom is -0.379 e. The predicted molar refractivity (Wildman–Crippen MR) is 78.9 cm³/mol. The molecule has 0 N–H and O–H groups in total. The molecule has 0 aliphatic carbocycles. The summed E-state index contributed by atoms with van der Waals surface area (Å²) in [5.74, 6) is 1.50. The maximum atomic E-state index is 5.99. The van der Waals surface area contributed by atoms with Crippen LogP contribution in [0.25, 0.3) is 10.8 Å². The van der Waals surface area contributed by atoms with E-state index in [1.807, 2.05) is 18.3 Å². The van der Waals surface area contributed by atoms with Crippen LogP contribution in [0.15, 0.2) is 30.5 Å². The van der Waals surface area contributed by atoms with Crippen LogP contribution in [-0.2, 0) is 10.6 Å². The summed E-state index contributed by atoms with van der Waals surface area (Å²) >= 11 is 5.99. The molecule has 1 atom stereocenters. The maximum Gasteiger partial charge on any atom is 0.136 e. The van der Waals surface area contributed by atoms with Crippen molar-refractivity contribution in [3.8, 4) is 0 Å². The Hall–Kier alpha value is -1.32. The minimum absolute atomic E-state index is 0.415. The van der Waals surface area contributed by atoms with Gasteiger partial charge in [-0.2, -0.15) is 0 Å². The normalized spacial score (nSPS) is 18.9. The Morgan fingerprint density at radius 2 is 2.16 bits per heavy atom. The summed E-state index contributed by atoms with van der Waals surface area (Å²) in [6.45, 7) is 1.62. The molecule has 1 aliphatic rings. The fourth-order valence-corrected chi connectivity index (χ4v) is 2.84. The quantitative estimate of drug-likeness (QED) is 0.805. The van der Waals surface area contributed by atoms with E-state index in [0.717, 1.165) is 36.4 Å². The number of nitrogens with zero attached hydrogens (tertiary/aromatic N) is 2. The van der Waals surface area contributed by atoms with Crippen molar-refractivity contribution in [2.24, 2.45) is 0 Å². The lowest BCUT2D eigenvalue weighted by Crippen LogP contribution is -2.32. The van der Waals surface area contributed by atoms with Crippen LogP contribution in [0.5, 0.6) is 0 Å². The zero-order chi connectivity index (χ0) is 13.2. The van der Waals surface area contributed by atoms with Gasteiger partial charge in [-0.15, -0.1) is 11.6 Å².